The molecular formula is C13H23NO. The molecule has 1 N–H and O–H groups in total. The Labute approximate surface area is 92.8 Å². The number of hydrogen-bond donors (Lipinski definition) is 1. The van der Waals surface area contributed by atoms with E-state index < -0.39 is 0 Å². The third kappa shape index (κ3) is 2.36. The summed E-state index contributed by atoms with van der Waals surface area (Å²) in [5.74, 6) is 0. The Kier molecular flexibility index (Phi) is 2.73. The second-order valence-corrected chi connectivity index (χ2v) is 5.69. The molecule has 0 heterocycles. The largest absolute Gasteiger partial charge is 0.372 e. The molecule has 2 heteroatoms. The molecule has 3 rings (SSSR count). The van der Waals surface area contributed by atoms with Crippen LogP contribution in [0.15, 0.2) is 0 Å². The molecule has 0 spiro atoms. The summed E-state index contributed by atoms with van der Waals surface area (Å²) in [6, 6.07) is 0.853. The van der Waals surface area contributed by atoms with Crippen molar-refractivity contribution >= 4 is 0 Å². The van der Waals surface area contributed by atoms with Crippen LogP contribution in [0.3, 0.4) is 0 Å². The minimum Gasteiger partial charge on any atom is -0.372 e. The summed E-state index contributed by atoms with van der Waals surface area (Å²) >= 11 is 0. The molecule has 0 atom stereocenters. The van der Waals surface area contributed by atoms with Crippen molar-refractivity contribution in [1.29, 1.82) is 0 Å². The molecule has 15 heavy (non-hydrogen) atoms. The minimum absolute atomic E-state index is 0.299. The van der Waals surface area contributed by atoms with Crippen LogP contribution in [-0.4, -0.2) is 24.3 Å². The molecule has 0 aliphatic heterocycles. The first-order chi connectivity index (χ1) is 7.36. The molecule has 3 fully saturated rings. The topological polar surface area (TPSA) is 21.3 Å². The van der Waals surface area contributed by atoms with Crippen molar-refractivity contribution in [1.82, 2.24) is 5.32 Å². The number of nitrogens with one attached hydrogen (secondary N) is 1. The molecule has 3 aliphatic carbocycles. The van der Waals surface area contributed by atoms with Crippen molar-refractivity contribution in [3.8, 4) is 0 Å². The Balaban J connectivity index is 1.41. The molecule has 0 aromatic heterocycles. The molecule has 0 saturated heterocycles. The van der Waals surface area contributed by atoms with E-state index in [2.05, 4.69) is 5.32 Å². The van der Waals surface area contributed by atoms with Crippen LogP contribution < -0.4 is 5.32 Å². The van der Waals surface area contributed by atoms with E-state index in [9.17, 15) is 0 Å². The second-order valence-electron chi connectivity index (χ2n) is 5.69. The third-order valence-corrected chi connectivity index (χ3v) is 4.32. The lowest BCUT2D eigenvalue weighted by Gasteiger charge is -2.46. The Morgan fingerprint density at radius 3 is 2.33 bits per heavy atom. The smallest absolute Gasteiger partial charge is 0.0698 e. The SMILES string of the molecule is C1CC(OC2(CCNC3CC3)CCC2)C1. The number of hydrogen-bond acceptors (Lipinski definition) is 2. The van der Waals surface area contributed by atoms with Gasteiger partial charge in [-0.15, -0.1) is 0 Å². The van der Waals surface area contributed by atoms with Gasteiger partial charge in [-0.2, -0.15) is 0 Å². The number of ether oxygens (including phenoxy) is 1. The van der Waals surface area contributed by atoms with Gasteiger partial charge in [0.15, 0.2) is 0 Å². The van der Waals surface area contributed by atoms with E-state index in [1.54, 1.807) is 0 Å². The molecule has 0 unspecified atom stereocenters. The fraction of sp³-hybridized carbons (Fsp3) is 1.00. The summed E-state index contributed by atoms with van der Waals surface area (Å²) in [5.41, 5.74) is 0.299. The van der Waals surface area contributed by atoms with E-state index in [1.807, 2.05) is 0 Å². The predicted molar refractivity (Wildman–Crippen MR) is 60.9 cm³/mol. The predicted octanol–water partition coefficient (Wildman–Crippen LogP) is 2.62. The van der Waals surface area contributed by atoms with Crippen LogP contribution in [0.5, 0.6) is 0 Å². The highest BCUT2D eigenvalue weighted by Gasteiger charge is 2.40. The van der Waals surface area contributed by atoms with E-state index in [0.717, 1.165) is 6.04 Å². The van der Waals surface area contributed by atoms with Gasteiger partial charge >= 0.3 is 0 Å². The van der Waals surface area contributed by atoms with E-state index in [1.165, 1.54) is 64.3 Å². The van der Waals surface area contributed by atoms with E-state index in [0.29, 0.717) is 11.7 Å². The molecule has 0 aromatic rings. The minimum atomic E-state index is 0.299. The first kappa shape index (κ1) is 10.1. The van der Waals surface area contributed by atoms with Crippen molar-refractivity contribution in [2.75, 3.05) is 6.54 Å². The lowest BCUT2D eigenvalue weighted by Crippen LogP contribution is -2.46. The van der Waals surface area contributed by atoms with Gasteiger partial charge in [-0.3, -0.25) is 0 Å². The van der Waals surface area contributed by atoms with Gasteiger partial charge in [0.1, 0.15) is 0 Å². The van der Waals surface area contributed by atoms with Crippen molar-refractivity contribution in [2.45, 2.75) is 75.5 Å². The maximum atomic E-state index is 6.27. The van der Waals surface area contributed by atoms with Crippen LogP contribution in [-0.2, 0) is 4.74 Å². The van der Waals surface area contributed by atoms with Gasteiger partial charge in [0.05, 0.1) is 11.7 Å². The molecule has 3 saturated carbocycles. The van der Waals surface area contributed by atoms with E-state index >= 15 is 0 Å². The van der Waals surface area contributed by atoms with Crippen LogP contribution in [0.4, 0.5) is 0 Å². The molecule has 2 nitrogen and oxygen atoms in total. The quantitative estimate of drug-likeness (QED) is 0.726. The molecule has 0 radical (unpaired) electrons. The Bertz CT molecular complexity index is 217. The van der Waals surface area contributed by atoms with Gasteiger partial charge in [-0.05, 0) is 64.3 Å². The van der Waals surface area contributed by atoms with Gasteiger partial charge in [-0.25, -0.2) is 0 Å². The molecule has 86 valence electrons. The van der Waals surface area contributed by atoms with Gasteiger partial charge in [0, 0.05) is 6.04 Å². The highest BCUT2D eigenvalue weighted by Crippen LogP contribution is 2.42. The fourth-order valence-corrected chi connectivity index (χ4v) is 2.63. The summed E-state index contributed by atoms with van der Waals surface area (Å²) in [6.45, 7) is 1.18. The van der Waals surface area contributed by atoms with E-state index in [4.69, 9.17) is 4.74 Å². The van der Waals surface area contributed by atoms with Crippen molar-refractivity contribution in [2.24, 2.45) is 0 Å². The molecule has 0 aromatic carbocycles. The lowest BCUT2D eigenvalue weighted by molar-refractivity contribution is -0.163. The Hall–Kier alpha value is -0.0800. The summed E-state index contributed by atoms with van der Waals surface area (Å²) in [7, 11) is 0. The zero-order chi connectivity index (χ0) is 10.1. The van der Waals surface area contributed by atoms with Crippen LogP contribution >= 0.6 is 0 Å². The van der Waals surface area contributed by atoms with Crippen molar-refractivity contribution in [3.05, 3.63) is 0 Å². The number of rotatable bonds is 6. The average Bonchev–Trinajstić information content (AvgIpc) is 2.88. The lowest BCUT2D eigenvalue weighted by atomic mass is 9.76. The van der Waals surface area contributed by atoms with Crippen LogP contribution in [0.1, 0.15) is 57.8 Å². The Morgan fingerprint density at radius 2 is 1.87 bits per heavy atom. The first-order valence-corrected chi connectivity index (χ1v) is 6.78. The normalized spacial score (nSPS) is 29.6. The van der Waals surface area contributed by atoms with E-state index in [-0.39, 0.29) is 0 Å². The highest BCUT2D eigenvalue weighted by molar-refractivity contribution is 4.93. The summed E-state index contributed by atoms with van der Waals surface area (Å²) < 4.78 is 6.27. The van der Waals surface area contributed by atoms with Gasteiger partial charge in [-0.1, -0.05) is 0 Å². The third-order valence-electron chi connectivity index (χ3n) is 4.32. The van der Waals surface area contributed by atoms with Gasteiger partial charge < -0.3 is 10.1 Å². The van der Waals surface area contributed by atoms with Crippen molar-refractivity contribution < 1.29 is 4.74 Å². The van der Waals surface area contributed by atoms with Crippen molar-refractivity contribution in [3.63, 3.8) is 0 Å². The zero-order valence-corrected chi connectivity index (χ0v) is 9.63. The molecule has 3 aliphatic rings. The Morgan fingerprint density at radius 1 is 1.07 bits per heavy atom. The fourth-order valence-electron chi connectivity index (χ4n) is 2.63. The summed E-state index contributed by atoms with van der Waals surface area (Å²) in [5, 5.41) is 3.61. The monoisotopic (exact) mass is 209 g/mol. The van der Waals surface area contributed by atoms with Gasteiger partial charge in [0.2, 0.25) is 0 Å². The van der Waals surface area contributed by atoms with Crippen LogP contribution in [0.2, 0.25) is 0 Å². The van der Waals surface area contributed by atoms with Gasteiger partial charge in [0.25, 0.3) is 0 Å². The molecular weight excluding hydrogens is 186 g/mol. The van der Waals surface area contributed by atoms with Crippen LogP contribution in [0.25, 0.3) is 0 Å². The maximum absolute atomic E-state index is 6.27. The van der Waals surface area contributed by atoms with Crippen LogP contribution in [0, 0.1) is 0 Å². The second kappa shape index (κ2) is 4.06. The summed E-state index contributed by atoms with van der Waals surface area (Å²) in [6.07, 6.45) is 12.7. The average molecular weight is 209 g/mol. The summed E-state index contributed by atoms with van der Waals surface area (Å²) in [4.78, 5) is 0. The molecule has 0 bridgehead atoms. The maximum Gasteiger partial charge on any atom is 0.0698 e. The highest BCUT2D eigenvalue weighted by atomic mass is 16.5. The first-order valence-electron chi connectivity index (χ1n) is 6.78. The zero-order valence-electron chi connectivity index (χ0n) is 9.63. The standard InChI is InChI=1S/C13H23NO/c1-3-12(4-1)15-13(7-2-8-13)9-10-14-11-5-6-11/h11-12,14H,1-10H2. The molecule has 0 amide bonds.